The number of furan rings is 1. The Morgan fingerprint density at radius 1 is 1.11 bits per heavy atom. The lowest BCUT2D eigenvalue weighted by Gasteiger charge is -2.39. The van der Waals surface area contributed by atoms with Crippen molar-refractivity contribution in [2.24, 2.45) is 5.92 Å². The molecule has 0 spiro atoms. The lowest BCUT2D eigenvalue weighted by atomic mass is 9.87. The molecule has 0 saturated heterocycles. The fourth-order valence-electron chi connectivity index (χ4n) is 4.68. The smallest absolute Gasteiger partial charge is 0.289 e. The van der Waals surface area contributed by atoms with Gasteiger partial charge in [0.1, 0.15) is 23.9 Å². The van der Waals surface area contributed by atoms with Crippen LogP contribution in [0.15, 0.2) is 59.0 Å². The van der Waals surface area contributed by atoms with E-state index in [4.69, 9.17) is 9.15 Å². The summed E-state index contributed by atoms with van der Waals surface area (Å²) in [6.07, 6.45) is 0.717. The van der Waals surface area contributed by atoms with E-state index in [9.17, 15) is 14.0 Å². The second-order valence-electron chi connectivity index (χ2n) is 9.29. The fraction of sp³-hybridized carbons (Fsp3) is 0.379. The summed E-state index contributed by atoms with van der Waals surface area (Å²) in [7, 11) is 0. The highest BCUT2D eigenvalue weighted by atomic mass is 19.1. The molecule has 0 aliphatic carbocycles. The Morgan fingerprint density at radius 3 is 2.58 bits per heavy atom. The van der Waals surface area contributed by atoms with Crippen LogP contribution in [0.5, 0.6) is 5.75 Å². The molecule has 1 aromatic heterocycles. The normalized spacial score (nSPS) is 15.1. The van der Waals surface area contributed by atoms with Crippen LogP contribution in [-0.2, 0) is 17.8 Å². The van der Waals surface area contributed by atoms with Gasteiger partial charge in [0.25, 0.3) is 5.91 Å². The summed E-state index contributed by atoms with van der Waals surface area (Å²) in [5.41, 5.74) is 2.76. The third-order valence-corrected chi connectivity index (χ3v) is 6.59. The number of hydrogen-bond donors (Lipinski definition) is 0. The van der Waals surface area contributed by atoms with Gasteiger partial charge in [-0.25, -0.2) is 4.39 Å². The molecular weight excluding hydrogens is 459 g/mol. The molecule has 7 heteroatoms. The SMILES string of the molecule is CCN(CC)C(=O)c1ccc(COc2ccc3c(c2)[C@H](c2cccc(F)c2)N(C(=O)C(C)C)CC3)o1. The van der Waals surface area contributed by atoms with Crippen LogP contribution in [-0.4, -0.2) is 41.2 Å². The Bertz CT molecular complexity index is 1230. The molecule has 0 N–H and O–H groups in total. The van der Waals surface area contributed by atoms with Crippen molar-refractivity contribution in [1.29, 1.82) is 0 Å². The van der Waals surface area contributed by atoms with E-state index in [0.29, 0.717) is 31.1 Å². The number of ether oxygens (including phenoxy) is 1. The third kappa shape index (κ3) is 5.30. The summed E-state index contributed by atoms with van der Waals surface area (Å²) < 4.78 is 25.9. The molecule has 1 aliphatic rings. The van der Waals surface area contributed by atoms with E-state index in [1.54, 1.807) is 23.1 Å². The van der Waals surface area contributed by atoms with Crippen LogP contribution in [0.4, 0.5) is 4.39 Å². The zero-order valence-corrected chi connectivity index (χ0v) is 21.3. The topological polar surface area (TPSA) is 63.0 Å². The molecule has 0 fully saturated rings. The van der Waals surface area contributed by atoms with Crippen molar-refractivity contribution in [1.82, 2.24) is 9.80 Å². The molecule has 0 radical (unpaired) electrons. The first kappa shape index (κ1) is 25.5. The minimum absolute atomic E-state index is 0.0298. The number of hydrogen-bond acceptors (Lipinski definition) is 4. The molecule has 2 heterocycles. The second-order valence-corrected chi connectivity index (χ2v) is 9.29. The molecule has 2 amide bonds. The monoisotopic (exact) mass is 492 g/mol. The van der Waals surface area contributed by atoms with Crippen LogP contribution >= 0.6 is 0 Å². The maximum Gasteiger partial charge on any atom is 0.289 e. The Morgan fingerprint density at radius 2 is 1.89 bits per heavy atom. The van der Waals surface area contributed by atoms with Gasteiger partial charge in [-0.3, -0.25) is 9.59 Å². The van der Waals surface area contributed by atoms with Crippen molar-refractivity contribution in [2.75, 3.05) is 19.6 Å². The maximum atomic E-state index is 14.2. The van der Waals surface area contributed by atoms with Gasteiger partial charge >= 0.3 is 0 Å². The van der Waals surface area contributed by atoms with E-state index in [2.05, 4.69) is 0 Å². The van der Waals surface area contributed by atoms with Gasteiger partial charge in [0.15, 0.2) is 5.76 Å². The Kier molecular flexibility index (Phi) is 7.77. The van der Waals surface area contributed by atoms with Gasteiger partial charge < -0.3 is 19.0 Å². The predicted octanol–water partition coefficient (Wildman–Crippen LogP) is 5.61. The molecule has 0 saturated carbocycles. The Labute approximate surface area is 211 Å². The average molecular weight is 493 g/mol. The number of carbonyl (C=O) groups is 2. The molecule has 190 valence electrons. The van der Waals surface area contributed by atoms with Crippen LogP contribution < -0.4 is 4.74 Å². The summed E-state index contributed by atoms with van der Waals surface area (Å²) in [5, 5.41) is 0. The van der Waals surface area contributed by atoms with Gasteiger partial charge in [-0.1, -0.05) is 32.0 Å². The molecular formula is C29H33FN2O4. The first-order valence-corrected chi connectivity index (χ1v) is 12.5. The van der Waals surface area contributed by atoms with Crippen LogP contribution in [0.25, 0.3) is 0 Å². The Hall–Kier alpha value is -3.61. The van der Waals surface area contributed by atoms with E-state index in [-0.39, 0.29) is 35.9 Å². The predicted molar refractivity (Wildman–Crippen MR) is 135 cm³/mol. The summed E-state index contributed by atoms with van der Waals surface area (Å²) >= 11 is 0. The first-order valence-electron chi connectivity index (χ1n) is 12.5. The van der Waals surface area contributed by atoms with Crippen LogP contribution in [0, 0.1) is 11.7 Å². The van der Waals surface area contributed by atoms with Gasteiger partial charge in [-0.15, -0.1) is 0 Å². The minimum atomic E-state index is -0.398. The molecule has 0 unspecified atom stereocenters. The number of nitrogens with zero attached hydrogens (tertiary/aromatic N) is 2. The largest absolute Gasteiger partial charge is 0.486 e. The van der Waals surface area contributed by atoms with Crippen molar-refractivity contribution in [3.05, 3.63) is 88.6 Å². The second kappa shape index (κ2) is 11.0. The van der Waals surface area contributed by atoms with Crippen LogP contribution in [0.3, 0.4) is 0 Å². The number of rotatable bonds is 8. The van der Waals surface area contributed by atoms with E-state index in [1.807, 2.05) is 56.9 Å². The summed E-state index contributed by atoms with van der Waals surface area (Å²) in [6.45, 7) is 9.56. The highest BCUT2D eigenvalue weighted by Gasteiger charge is 2.33. The Balaban J connectivity index is 1.59. The van der Waals surface area contributed by atoms with E-state index in [1.165, 1.54) is 12.1 Å². The van der Waals surface area contributed by atoms with Gasteiger partial charge in [-0.2, -0.15) is 0 Å². The quantitative estimate of drug-likeness (QED) is 0.410. The molecule has 1 aliphatic heterocycles. The summed E-state index contributed by atoms with van der Waals surface area (Å²) in [5.74, 6) is 0.821. The van der Waals surface area contributed by atoms with Gasteiger partial charge in [0.05, 0.1) is 6.04 Å². The molecule has 6 nitrogen and oxygen atoms in total. The third-order valence-electron chi connectivity index (χ3n) is 6.59. The van der Waals surface area contributed by atoms with Gasteiger partial charge in [0.2, 0.25) is 5.91 Å². The van der Waals surface area contributed by atoms with Gasteiger partial charge in [-0.05, 0) is 73.4 Å². The highest BCUT2D eigenvalue weighted by Crippen LogP contribution is 2.38. The number of benzene rings is 2. The van der Waals surface area contributed by atoms with Crippen molar-refractivity contribution in [3.63, 3.8) is 0 Å². The first-order chi connectivity index (χ1) is 17.3. The molecule has 3 aromatic rings. The minimum Gasteiger partial charge on any atom is -0.486 e. The maximum absolute atomic E-state index is 14.2. The molecule has 36 heavy (non-hydrogen) atoms. The van der Waals surface area contributed by atoms with E-state index < -0.39 is 6.04 Å². The highest BCUT2D eigenvalue weighted by molar-refractivity contribution is 5.91. The van der Waals surface area contributed by atoms with Crippen molar-refractivity contribution in [2.45, 2.75) is 46.8 Å². The number of halogens is 1. The van der Waals surface area contributed by atoms with Crippen LogP contribution in [0.1, 0.15) is 66.7 Å². The van der Waals surface area contributed by atoms with E-state index >= 15 is 0 Å². The van der Waals surface area contributed by atoms with Crippen molar-refractivity contribution >= 4 is 11.8 Å². The van der Waals surface area contributed by atoms with Crippen molar-refractivity contribution in [3.8, 4) is 5.75 Å². The standard InChI is InChI=1S/C29H33FN2O4/c1-5-31(6-2)29(34)26-13-12-24(36-26)18-35-23-11-10-20-14-15-32(28(33)19(3)4)27(25(20)17-23)21-8-7-9-22(30)16-21/h7-13,16-17,19,27H,5-6,14-15,18H2,1-4H3/t27-/m0/s1. The number of fused-ring (bicyclic) bond motifs is 1. The summed E-state index contributed by atoms with van der Waals surface area (Å²) in [6, 6.07) is 15.3. The van der Waals surface area contributed by atoms with Gasteiger partial charge in [0, 0.05) is 25.6 Å². The summed E-state index contributed by atoms with van der Waals surface area (Å²) in [4.78, 5) is 29.1. The number of amides is 2. The lowest BCUT2D eigenvalue weighted by molar-refractivity contribution is -0.136. The molecule has 0 bridgehead atoms. The van der Waals surface area contributed by atoms with Crippen molar-refractivity contribution < 1.29 is 23.1 Å². The van der Waals surface area contributed by atoms with E-state index in [0.717, 1.165) is 23.1 Å². The zero-order chi connectivity index (χ0) is 25.8. The molecule has 4 rings (SSSR count). The fourth-order valence-corrected chi connectivity index (χ4v) is 4.68. The molecule has 2 aromatic carbocycles. The van der Waals surface area contributed by atoms with Crippen LogP contribution in [0.2, 0.25) is 0 Å². The zero-order valence-electron chi connectivity index (χ0n) is 21.3. The number of carbonyl (C=O) groups excluding carboxylic acids is 2. The average Bonchev–Trinajstić information content (AvgIpc) is 3.36. The lowest BCUT2D eigenvalue weighted by Crippen LogP contribution is -2.42. The molecule has 1 atom stereocenters.